The molecule has 0 aromatic rings. The van der Waals surface area contributed by atoms with E-state index < -0.39 is 76.3 Å². The van der Waals surface area contributed by atoms with Crippen LogP contribution in [-0.2, 0) is 33.5 Å². The number of carbonyl (C=O) groups excluding carboxylic acids is 7. The Hall–Kier alpha value is -3.81. The highest BCUT2D eigenvalue weighted by atomic mass is 16.5. The number of carbonyl (C=O) groups is 7. The third-order valence-corrected chi connectivity index (χ3v) is 9.39. The van der Waals surface area contributed by atoms with Crippen molar-refractivity contribution in [1.82, 2.24) is 31.1 Å². The topological polar surface area (TPSA) is 183 Å². The molecule has 47 heavy (non-hydrogen) atoms. The van der Waals surface area contributed by atoms with Crippen LogP contribution in [0.4, 0.5) is 4.79 Å². The smallest absolute Gasteiger partial charge is 0.315 e. The molecule has 7 amide bonds. The van der Waals surface area contributed by atoms with Crippen molar-refractivity contribution in [2.75, 3.05) is 32.8 Å². The number of morpholine rings is 1. The first-order valence-corrected chi connectivity index (χ1v) is 16.4. The minimum absolute atomic E-state index is 0.0594. The zero-order valence-electron chi connectivity index (χ0n) is 28.4. The van der Waals surface area contributed by atoms with E-state index in [2.05, 4.69) is 27.8 Å². The van der Waals surface area contributed by atoms with Gasteiger partial charge in [0.2, 0.25) is 17.6 Å². The van der Waals surface area contributed by atoms with Gasteiger partial charge in [-0.2, -0.15) is 0 Å². The molecule has 0 radical (unpaired) electrons. The lowest BCUT2D eigenvalue weighted by molar-refractivity contribution is -0.159. The zero-order valence-corrected chi connectivity index (χ0v) is 28.4. The van der Waals surface area contributed by atoms with Gasteiger partial charge in [-0.1, -0.05) is 60.5 Å². The van der Waals surface area contributed by atoms with Crippen LogP contribution >= 0.6 is 0 Å². The fourth-order valence-electron chi connectivity index (χ4n) is 6.20. The molecule has 14 heteroatoms. The summed E-state index contributed by atoms with van der Waals surface area (Å²) in [6.45, 7) is 14.5. The molecule has 260 valence electrons. The number of ketones is 1. The van der Waals surface area contributed by atoms with Crippen LogP contribution in [0.2, 0.25) is 0 Å². The SMILES string of the molecule is C=CCNC(=O)C(=O)C(CC1CC1)NC(=O)[C@@H]1[C@H]2C[C@H]2CN1C(=O)[C@@H](NC(=O)N[C@H](CN1C(=O)COCC1=O)C(C)(C)C)C(C)(C)C. The number of imide groups is 1. The average molecular weight is 659 g/mol. The lowest BCUT2D eigenvalue weighted by atomic mass is 9.85. The molecule has 14 nitrogen and oxygen atoms in total. The lowest BCUT2D eigenvalue weighted by Crippen LogP contribution is -2.63. The van der Waals surface area contributed by atoms with Gasteiger partial charge in [0, 0.05) is 19.6 Å². The van der Waals surface area contributed by atoms with E-state index in [0.717, 1.165) is 24.2 Å². The predicted octanol–water partition coefficient (Wildman–Crippen LogP) is 0.504. The molecule has 2 heterocycles. The van der Waals surface area contributed by atoms with Crippen LogP contribution in [0, 0.1) is 28.6 Å². The van der Waals surface area contributed by atoms with Gasteiger partial charge in [0.05, 0.1) is 12.1 Å². The number of nitrogens with zero attached hydrogens (tertiary/aromatic N) is 2. The normalized spacial score (nSPS) is 24.4. The highest BCUT2D eigenvalue weighted by Crippen LogP contribution is 2.50. The largest absolute Gasteiger partial charge is 0.362 e. The minimum atomic E-state index is -1.03. The van der Waals surface area contributed by atoms with Gasteiger partial charge in [0.15, 0.2) is 0 Å². The van der Waals surface area contributed by atoms with E-state index in [1.54, 1.807) is 20.8 Å². The summed E-state index contributed by atoms with van der Waals surface area (Å²) in [6, 6.07) is -4.18. The summed E-state index contributed by atoms with van der Waals surface area (Å²) in [4.78, 5) is 94.2. The van der Waals surface area contributed by atoms with Crippen molar-refractivity contribution in [3.63, 3.8) is 0 Å². The summed E-state index contributed by atoms with van der Waals surface area (Å²) < 4.78 is 5.00. The van der Waals surface area contributed by atoms with Gasteiger partial charge in [-0.25, -0.2) is 4.79 Å². The fourth-order valence-corrected chi connectivity index (χ4v) is 6.20. The first kappa shape index (κ1) is 36.0. The fraction of sp³-hybridized carbons (Fsp3) is 0.727. The standard InChI is InChI=1S/C33H50N6O8/c1-8-11-34-29(44)26(42)21(12-18-9-10-18)35-28(43)25-20-13-19(20)14-39(25)30(45)27(33(5,6)7)37-31(46)36-22(32(2,3)4)15-38-23(40)16-47-17-24(38)41/h8,18-22,25,27H,1,9-17H2,2-7H3,(H,34,44)(H,35,43)(H2,36,37,46)/t19-,20-,21?,22+,25-,27+/m0/s1. The Morgan fingerprint density at radius 2 is 1.60 bits per heavy atom. The van der Waals surface area contributed by atoms with Crippen LogP contribution in [0.3, 0.4) is 0 Å². The number of nitrogens with one attached hydrogen (secondary N) is 4. The van der Waals surface area contributed by atoms with Gasteiger partial charge >= 0.3 is 6.03 Å². The number of hydrogen-bond acceptors (Lipinski definition) is 8. The summed E-state index contributed by atoms with van der Waals surface area (Å²) in [7, 11) is 0. The summed E-state index contributed by atoms with van der Waals surface area (Å²) >= 11 is 0. The van der Waals surface area contributed by atoms with Gasteiger partial charge in [-0.3, -0.25) is 33.7 Å². The van der Waals surface area contributed by atoms with Crippen LogP contribution < -0.4 is 21.3 Å². The maximum atomic E-state index is 14.2. The van der Waals surface area contributed by atoms with E-state index in [9.17, 15) is 33.6 Å². The number of likely N-dealkylation sites (tertiary alicyclic amines) is 1. The Labute approximate surface area is 276 Å². The summed E-state index contributed by atoms with van der Waals surface area (Å²) in [5, 5.41) is 11.0. The monoisotopic (exact) mass is 658 g/mol. The Morgan fingerprint density at radius 3 is 2.15 bits per heavy atom. The van der Waals surface area contributed by atoms with E-state index in [1.807, 2.05) is 20.8 Å². The summed E-state index contributed by atoms with van der Waals surface area (Å²) in [5.74, 6) is -3.11. The highest BCUT2D eigenvalue weighted by molar-refractivity contribution is 6.38. The third-order valence-electron chi connectivity index (χ3n) is 9.39. The van der Waals surface area contributed by atoms with Crippen molar-refractivity contribution in [2.24, 2.45) is 28.6 Å². The van der Waals surface area contributed by atoms with E-state index >= 15 is 0 Å². The molecule has 4 N–H and O–H groups in total. The number of piperidine rings is 1. The third kappa shape index (κ3) is 8.96. The van der Waals surface area contributed by atoms with Crippen molar-refractivity contribution in [3.8, 4) is 0 Å². The number of amides is 7. The number of Topliss-reactive ketones (excluding diaryl/α,β-unsaturated/α-hetero) is 1. The van der Waals surface area contributed by atoms with Crippen molar-refractivity contribution >= 4 is 41.4 Å². The molecule has 1 unspecified atom stereocenters. The van der Waals surface area contributed by atoms with E-state index in [0.29, 0.717) is 13.0 Å². The highest BCUT2D eigenvalue weighted by Gasteiger charge is 2.58. The number of fused-ring (bicyclic) bond motifs is 1. The Morgan fingerprint density at radius 1 is 0.957 bits per heavy atom. The molecular formula is C33H50N6O8. The van der Waals surface area contributed by atoms with Gasteiger partial charge in [0.1, 0.15) is 25.3 Å². The van der Waals surface area contributed by atoms with Crippen molar-refractivity contribution in [1.29, 1.82) is 0 Å². The number of ether oxygens (including phenoxy) is 1. The summed E-state index contributed by atoms with van der Waals surface area (Å²) in [5.41, 5.74) is -1.32. The van der Waals surface area contributed by atoms with E-state index in [-0.39, 0.29) is 44.1 Å². The molecule has 2 aliphatic carbocycles. The van der Waals surface area contributed by atoms with Crippen LogP contribution in [0.15, 0.2) is 12.7 Å². The molecule has 0 aromatic carbocycles. The molecule has 0 spiro atoms. The summed E-state index contributed by atoms with van der Waals surface area (Å²) in [6.07, 6.45) is 4.42. The second kappa shape index (κ2) is 14.1. The van der Waals surface area contributed by atoms with Gasteiger partial charge in [-0.15, -0.1) is 6.58 Å². The van der Waals surface area contributed by atoms with E-state index in [1.165, 1.54) is 11.0 Å². The maximum Gasteiger partial charge on any atom is 0.315 e. The van der Waals surface area contributed by atoms with Crippen LogP contribution in [-0.4, -0.2) is 108 Å². The van der Waals surface area contributed by atoms with Crippen molar-refractivity contribution < 1.29 is 38.3 Å². The first-order chi connectivity index (χ1) is 21.9. The Balaban J connectivity index is 1.47. The minimum Gasteiger partial charge on any atom is -0.362 e. The molecule has 0 bridgehead atoms. The molecule has 4 fully saturated rings. The first-order valence-electron chi connectivity index (χ1n) is 16.4. The Bertz CT molecular complexity index is 1280. The van der Waals surface area contributed by atoms with Crippen LogP contribution in [0.25, 0.3) is 0 Å². The van der Waals surface area contributed by atoms with Gasteiger partial charge in [0.25, 0.3) is 17.7 Å². The maximum absolute atomic E-state index is 14.2. The molecule has 4 aliphatic rings. The predicted molar refractivity (Wildman–Crippen MR) is 170 cm³/mol. The molecule has 2 saturated heterocycles. The second-order valence-corrected chi connectivity index (χ2v) is 15.4. The Kier molecular flexibility index (Phi) is 10.8. The molecule has 0 aromatic heterocycles. The van der Waals surface area contributed by atoms with Gasteiger partial charge in [-0.05, 0) is 41.4 Å². The number of urea groups is 1. The molecule has 2 saturated carbocycles. The van der Waals surface area contributed by atoms with E-state index in [4.69, 9.17) is 4.74 Å². The average Bonchev–Trinajstić information content (AvgIpc) is 3.91. The zero-order chi connectivity index (χ0) is 34.8. The second-order valence-electron chi connectivity index (χ2n) is 15.4. The van der Waals surface area contributed by atoms with Crippen molar-refractivity contribution in [2.45, 2.75) is 91.4 Å². The molecule has 4 rings (SSSR count). The molecule has 6 atom stereocenters. The lowest BCUT2D eigenvalue weighted by Gasteiger charge is -2.39. The quantitative estimate of drug-likeness (QED) is 0.125. The number of rotatable bonds is 13. The number of hydrogen-bond donors (Lipinski definition) is 4. The molecular weight excluding hydrogens is 608 g/mol. The van der Waals surface area contributed by atoms with Crippen LogP contribution in [0.5, 0.6) is 0 Å². The van der Waals surface area contributed by atoms with Crippen molar-refractivity contribution in [3.05, 3.63) is 12.7 Å². The molecule has 2 aliphatic heterocycles. The van der Waals surface area contributed by atoms with Crippen LogP contribution in [0.1, 0.15) is 67.2 Å². The van der Waals surface area contributed by atoms with Gasteiger partial charge < -0.3 is 30.9 Å².